The van der Waals surface area contributed by atoms with E-state index in [9.17, 15) is 4.79 Å². The first-order valence-electron chi connectivity index (χ1n) is 5.82. The molecule has 0 bridgehead atoms. The maximum atomic E-state index is 11.2. The second kappa shape index (κ2) is 7.61. The summed E-state index contributed by atoms with van der Waals surface area (Å²) >= 11 is 6.31. The summed E-state index contributed by atoms with van der Waals surface area (Å²) < 4.78 is 6.64. The maximum Gasteiger partial charge on any atom is 0.413 e. The van der Waals surface area contributed by atoms with Gasteiger partial charge in [0.15, 0.2) is 4.34 Å². The highest BCUT2D eigenvalue weighted by Crippen LogP contribution is 2.28. The normalized spacial score (nSPS) is 10.3. The number of ether oxygens (including phenoxy) is 1. The van der Waals surface area contributed by atoms with E-state index in [1.165, 1.54) is 16.9 Å². The third-order valence-corrected chi connectivity index (χ3v) is 4.74. The molecule has 0 saturated carbocycles. The van der Waals surface area contributed by atoms with E-state index in [0.29, 0.717) is 11.7 Å². The Morgan fingerprint density at radius 1 is 1.40 bits per heavy atom. The van der Waals surface area contributed by atoms with Crippen LogP contribution in [-0.2, 0) is 10.5 Å². The molecule has 1 aromatic carbocycles. The first-order chi connectivity index (χ1) is 9.67. The fourth-order valence-electron chi connectivity index (χ4n) is 1.30. The van der Waals surface area contributed by atoms with Gasteiger partial charge in [0, 0.05) is 10.2 Å². The molecule has 1 aromatic heterocycles. The summed E-state index contributed by atoms with van der Waals surface area (Å²) in [5.41, 5.74) is 1.20. The van der Waals surface area contributed by atoms with E-state index in [0.717, 1.165) is 14.6 Å². The van der Waals surface area contributed by atoms with E-state index < -0.39 is 6.09 Å². The third kappa shape index (κ3) is 4.77. The van der Waals surface area contributed by atoms with E-state index in [-0.39, 0.29) is 0 Å². The first-order valence-corrected chi connectivity index (χ1v) is 8.41. The average molecular weight is 374 g/mol. The van der Waals surface area contributed by atoms with E-state index in [4.69, 9.17) is 4.74 Å². The maximum absolute atomic E-state index is 11.2. The van der Waals surface area contributed by atoms with Crippen LogP contribution in [-0.4, -0.2) is 22.9 Å². The van der Waals surface area contributed by atoms with Crippen molar-refractivity contribution in [3.8, 4) is 0 Å². The summed E-state index contributed by atoms with van der Waals surface area (Å²) in [6, 6.07) is 8.11. The van der Waals surface area contributed by atoms with Gasteiger partial charge >= 0.3 is 6.09 Å². The lowest BCUT2D eigenvalue weighted by atomic mass is 10.2. The van der Waals surface area contributed by atoms with Gasteiger partial charge in [0.25, 0.3) is 0 Å². The van der Waals surface area contributed by atoms with Crippen LogP contribution >= 0.6 is 39.0 Å². The summed E-state index contributed by atoms with van der Waals surface area (Å²) in [5.74, 6) is 0.807. The number of benzene rings is 1. The SMILES string of the molecule is CCOC(=O)Nc1nnc(SCc2ccc(Br)cc2)s1. The smallest absolute Gasteiger partial charge is 0.413 e. The summed E-state index contributed by atoms with van der Waals surface area (Å²) in [6.45, 7) is 2.08. The predicted octanol–water partition coefficient (Wildman–Crippen LogP) is 4.16. The Morgan fingerprint density at radius 3 is 2.85 bits per heavy atom. The molecule has 0 radical (unpaired) electrons. The number of hydrogen-bond acceptors (Lipinski definition) is 6. The number of carbonyl (C=O) groups is 1. The molecule has 2 aromatic rings. The molecule has 1 heterocycles. The molecule has 2 rings (SSSR count). The molecule has 0 aliphatic rings. The number of carbonyl (C=O) groups excluding carboxylic acids is 1. The van der Waals surface area contributed by atoms with Gasteiger partial charge in [0.05, 0.1) is 6.61 Å². The number of nitrogens with one attached hydrogen (secondary N) is 1. The molecule has 0 atom stereocenters. The molecule has 5 nitrogen and oxygen atoms in total. The lowest BCUT2D eigenvalue weighted by Gasteiger charge is -1.99. The molecule has 1 amide bonds. The highest BCUT2D eigenvalue weighted by Gasteiger charge is 2.08. The predicted molar refractivity (Wildman–Crippen MR) is 84.3 cm³/mol. The first kappa shape index (κ1) is 15.3. The van der Waals surface area contributed by atoms with Gasteiger partial charge in [-0.25, -0.2) is 4.79 Å². The summed E-state index contributed by atoms with van der Waals surface area (Å²) in [5, 5.41) is 10.9. The Kier molecular flexibility index (Phi) is 5.81. The summed E-state index contributed by atoms with van der Waals surface area (Å²) in [7, 11) is 0. The second-order valence-corrected chi connectivity index (χ2v) is 6.75. The molecular weight excluding hydrogens is 362 g/mol. The quantitative estimate of drug-likeness (QED) is 0.629. The third-order valence-electron chi connectivity index (χ3n) is 2.17. The number of anilines is 1. The molecular formula is C12H12BrN3O2S2. The van der Waals surface area contributed by atoms with Crippen molar-refractivity contribution >= 4 is 50.3 Å². The van der Waals surface area contributed by atoms with Crippen molar-refractivity contribution in [3.63, 3.8) is 0 Å². The summed E-state index contributed by atoms with van der Waals surface area (Å²) in [4.78, 5) is 11.2. The van der Waals surface area contributed by atoms with Gasteiger partial charge < -0.3 is 4.74 Å². The van der Waals surface area contributed by atoms with Crippen molar-refractivity contribution in [2.45, 2.75) is 17.0 Å². The van der Waals surface area contributed by atoms with Crippen LogP contribution in [0.25, 0.3) is 0 Å². The zero-order valence-electron chi connectivity index (χ0n) is 10.6. The molecule has 0 fully saturated rings. The van der Waals surface area contributed by atoms with Crippen molar-refractivity contribution in [2.24, 2.45) is 0 Å². The van der Waals surface area contributed by atoms with Crippen LogP contribution < -0.4 is 5.32 Å². The number of nitrogens with zero attached hydrogens (tertiary/aromatic N) is 2. The van der Waals surface area contributed by atoms with Gasteiger partial charge in [-0.1, -0.05) is 51.2 Å². The Hall–Kier alpha value is -1.12. The van der Waals surface area contributed by atoms with Crippen LogP contribution in [0.3, 0.4) is 0 Å². The molecule has 0 aliphatic carbocycles. The van der Waals surface area contributed by atoms with Crippen LogP contribution in [0.4, 0.5) is 9.93 Å². The Balaban J connectivity index is 1.86. The summed E-state index contributed by atoms with van der Waals surface area (Å²) in [6.07, 6.45) is -0.506. The number of thioether (sulfide) groups is 1. The molecule has 0 aliphatic heterocycles. The molecule has 8 heteroatoms. The van der Waals surface area contributed by atoms with Crippen LogP contribution in [0.5, 0.6) is 0 Å². The minimum Gasteiger partial charge on any atom is -0.450 e. The Labute approximate surface area is 133 Å². The fourth-order valence-corrected chi connectivity index (χ4v) is 3.26. The standard InChI is InChI=1S/C12H12BrN3O2S2/c1-2-18-11(17)14-10-15-16-12(20-10)19-7-8-3-5-9(13)6-4-8/h3-6H,2,7H2,1H3,(H,14,15,17). The molecule has 106 valence electrons. The molecule has 0 unspecified atom stereocenters. The largest absolute Gasteiger partial charge is 0.450 e. The van der Waals surface area contributed by atoms with Crippen LogP contribution in [0.15, 0.2) is 33.1 Å². The molecule has 0 saturated heterocycles. The van der Waals surface area contributed by atoms with Crippen molar-refractivity contribution in [1.82, 2.24) is 10.2 Å². The van der Waals surface area contributed by atoms with Crippen LogP contribution in [0.2, 0.25) is 0 Å². The highest BCUT2D eigenvalue weighted by molar-refractivity contribution is 9.10. The number of amides is 1. The van der Waals surface area contributed by atoms with Gasteiger partial charge in [-0.05, 0) is 24.6 Å². The molecule has 1 N–H and O–H groups in total. The minimum absolute atomic E-state index is 0.329. The topological polar surface area (TPSA) is 64.1 Å². The van der Waals surface area contributed by atoms with Gasteiger partial charge in [0.1, 0.15) is 0 Å². The van der Waals surface area contributed by atoms with Gasteiger partial charge in [-0.15, -0.1) is 10.2 Å². The van der Waals surface area contributed by atoms with Gasteiger partial charge in [-0.2, -0.15) is 0 Å². The van der Waals surface area contributed by atoms with Crippen molar-refractivity contribution in [3.05, 3.63) is 34.3 Å². The zero-order chi connectivity index (χ0) is 14.4. The Morgan fingerprint density at radius 2 is 2.15 bits per heavy atom. The molecule has 20 heavy (non-hydrogen) atoms. The average Bonchev–Trinajstić information content (AvgIpc) is 2.86. The minimum atomic E-state index is -0.506. The fraction of sp³-hybridized carbons (Fsp3) is 0.250. The Bertz CT molecular complexity index is 574. The number of hydrogen-bond donors (Lipinski definition) is 1. The number of halogens is 1. The second-order valence-electron chi connectivity index (χ2n) is 3.63. The zero-order valence-corrected chi connectivity index (χ0v) is 13.8. The highest BCUT2D eigenvalue weighted by atomic mass is 79.9. The van der Waals surface area contributed by atoms with E-state index in [1.54, 1.807) is 18.7 Å². The van der Waals surface area contributed by atoms with Crippen LogP contribution in [0.1, 0.15) is 12.5 Å². The lowest BCUT2D eigenvalue weighted by molar-refractivity contribution is 0.168. The number of rotatable bonds is 5. The van der Waals surface area contributed by atoms with Crippen molar-refractivity contribution in [1.29, 1.82) is 0 Å². The monoisotopic (exact) mass is 373 g/mol. The van der Waals surface area contributed by atoms with E-state index in [1.807, 2.05) is 12.1 Å². The van der Waals surface area contributed by atoms with Crippen LogP contribution in [0, 0.1) is 0 Å². The van der Waals surface area contributed by atoms with Crippen molar-refractivity contribution < 1.29 is 9.53 Å². The van der Waals surface area contributed by atoms with Gasteiger partial charge in [-0.3, -0.25) is 5.32 Å². The van der Waals surface area contributed by atoms with Crippen molar-refractivity contribution in [2.75, 3.05) is 11.9 Å². The van der Waals surface area contributed by atoms with E-state index in [2.05, 4.69) is 43.6 Å². The lowest BCUT2D eigenvalue weighted by Crippen LogP contribution is -2.12. The van der Waals surface area contributed by atoms with E-state index >= 15 is 0 Å². The van der Waals surface area contributed by atoms with Gasteiger partial charge in [0.2, 0.25) is 5.13 Å². The number of aromatic nitrogens is 2. The molecule has 0 spiro atoms.